The molecule has 8 heavy (non-hydrogen) atoms. The summed E-state index contributed by atoms with van der Waals surface area (Å²) in [5, 5.41) is 0. The second-order valence-electron chi connectivity index (χ2n) is 0.861. The van der Waals surface area contributed by atoms with Crippen molar-refractivity contribution in [3.8, 4) is 0 Å². The Labute approximate surface area is 49.9 Å². The van der Waals surface area contributed by atoms with Gasteiger partial charge in [-0.05, 0) is 12.1 Å². The van der Waals surface area contributed by atoms with Gasteiger partial charge in [-0.2, -0.15) is 8.42 Å². The van der Waals surface area contributed by atoms with E-state index in [1.165, 1.54) is 0 Å². The van der Waals surface area contributed by atoms with Gasteiger partial charge in [0.1, 0.15) is 0 Å². The lowest BCUT2D eigenvalue weighted by atomic mass is 10.7. The summed E-state index contributed by atoms with van der Waals surface area (Å²) in [6.45, 7) is 0. The zero-order chi connectivity index (χ0) is 6.24. The van der Waals surface area contributed by atoms with Crippen molar-refractivity contribution in [1.29, 1.82) is 0 Å². The van der Waals surface area contributed by atoms with E-state index in [4.69, 9.17) is 8.42 Å². The molecule has 44 valence electrons. The Balaban J connectivity index is 0.000000145. The molecule has 0 saturated heterocycles. The summed E-state index contributed by atoms with van der Waals surface area (Å²) >= 11 is -0.750. The molecule has 0 N–H and O–H groups in total. The highest BCUT2D eigenvalue weighted by Gasteiger charge is 1.58. The Morgan fingerprint density at radius 3 is 1.62 bits per heavy atom. The van der Waals surface area contributed by atoms with Crippen LogP contribution in [0.1, 0.15) is 0 Å². The number of hydrogen-bond acceptors (Lipinski definition) is 3. The maximum absolute atomic E-state index is 8.29. The van der Waals surface area contributed by atoms with Crippen molar-refractivity contribution in [3.63, 3.8) is 0 Å². The van der Waals surface area contributed by atoms with E-state index in [0.717, 1.165) is 0 Å². The first-order chi connectivity index (χ1) is 3.91. The van der Waals surface area contributed by atoms with Gasteiger partial charge in [0.05, 0.1) is 12.5 Å². The van der Waals surface area contributed by atoms with Crippen LogP contribution < -0.4 is 0 Å². The molecule has 1 aromatic rings. The maximum Gasteiger partial charge on any atom is 0.335 e. The van der Waals surface area contributed by atoms with Gasteiger partial charge in [-0.1, -0.05) is 0 Å². The molecule has 0 aliphatic heterocycles. The first kappa shape index (κ1) is 7.10. The van der Waals surface area contributed by atoms with Crippen molar-refractivity contribution in [1.82, 2.24) is 0 Å². The van der Waals surface area contributed by atoms with Crippen molar-refractivity contribution in [2.45, 2.75) is 0 Å². The van der Waals surface area contributed by atoms with Gasteiger partial charge < -0.3 is 4.42 Å². The average molecular weight is 132 g/mol. The highest BCUT2D eigenvalue weighted by atomic mass is 32.1. The predicted octanol–water partition coefficient (Wildman–Crippen LogP) is 0.609. The van der Waals surface area contributed by atoms with Crippen LogP contribution in [-0.2, 0) is 11.6 Å². The van der Waals surface area contributed by atoms with Crippen molar-refractivity contribution in [2.24, 2.45) is 0 Å². The first-order valence-corrected chi connectivity index (χ1v) is 2.47. The number of rotatable bonds is 0. The van der Waals surface area contributed by atoms with E-state index in [9.17, 15) is 0 Å². The molecule has 0 aliphatic carbocycles. The van der Waals surface area contributed by atoms with Crippen molar-refractivity contribution < 1.29 is 12.8 Å². The fraction of sp³-hybridized carbons (Fsp3) is 0. The molecule has 0 amide bonds. The average Bonchev–Trinajstić information content (AvgIpc) is 2.17. The summed E-state index contributed by atoms with van der Waals surface area (Å²) in [5.74, 6) is 0. The predicted molar refractivity (Wildman–Crippen MR) is 27.6 cm³/mol. The molecule has 0 radical (unpaired) electrons. The summed E-state index contributed by atoms with van der Waals surface area (Å²) in [6, 6.07) is 3.67. The normalized spacial score (nSPS) is 6.50. The van der Waals surface area contributed by atoms with Crippen LogP contribution in [-0.4, -0.2) is 8.42 Å². The van der Waals surface area contributed by atoms with Gasteiger partial charge in [0, 0.05) is 0 Å². The van der Waals surface area contributed by atoms with Crippen LogP contribution in [0.25, 0.3) is 0 Å². The highest BCUT2D eigenvalue weighted by molar-refractivity contribution is 7.51. The molecule has 1 aromatic heterocycles. The molecular weight excluding hydrogens is 128 g/mol. The molecule has 0 aromatic carbocycles. The number of hydrogen-bond donors (Lipinski definition) is 0. The van der Waals surface area contributed by atoms with Crippen molar-refractivity contribution in [3.05, 3.63) is 24.7 Å². The number of furan rings is 1. The zero-order valence-electron chi connectivity index (χ0n) is 3.94. The van der Waals surface area contributed by atoms with Crippen LogP contribution in [0, 0.1) is 0 Å². The molecule has 1 heterocycles. The van der Waals surface area contributed by atoms with E-state index in [2.05, 4.69) is 4.42 Å². The van der Waals surface area contributed by atoms with Crippen LogP contribution in [0.15, 0.2) is 29.1 Å². The molecule has 0 spiro atoms. The van der Waals surface area contributed by atoms with Gasteiger partial charge in [-0.3, -0.25) is 0 Å². The van der Waals surface area contributed by atoms with E-state index >= 15 is 0 Å². The SMILES string of the molecule is O=S=O.c1ccoc1. The lowest BCUT2D eigenvalue weighted by Gasteiger charge is -1.50. The Morgan fingerprint density at radius 2 is 1.50 bits per heavy atom. The Morgan fingerprint density at radius 1 is 1.12 bits per heavy atom. The Bertz CT molecular complexity index is 123. The smallest absolute Gasteiger partial charge is 0.335 e. The topological polar surface area (TPSA) is 47.3 Å². The summed E-state index contributed by atoms with van der Waals surface area (Å²) in [4.78, 5) is 0. The Hall–Kier alpha value is -0.900. The summed E-state index contributed by atoms with van der Waals surface area (Å²) in [7, 11) is 0. The van der Waals surface area contributed by atoms with Gasteiger partial charge >= 0.3 is 11.6 Å². The Kier molecular flexibility index (Phi) is 5.41. The minimum Gasteiger partial charge on any atom is -0.473 e. The van der Waals surface area contributed by atoms with Gasteiger partial charge in [0.25, 0.3) is 0 Å². The van der Waals surface area contributed by atoms with Crippen molar-refractivity contribution >= 4 is 11.6 Å². The van der Waals surface area contributed by atoms with Gasteiger partial charge in [0.2, 0.25) is 0 Å². The molecular formula is C4H4O3S. The van der Waals surface area contributed by atoms with Gasteiger partial charge in [-0.15, -0.1) is 0 Å². The van der Waals surface area contributed by atoms with Gasteiger partial charge in [0.15, 0.2) is 0 Å². The monoisotopic (exact) mass is 132 g/mol. The quantitative estimate of drug-likeness (QED) is 0.519. The lowest BCUT2D eigenvalue weighted by Crippen LogP contribution is -1.18. The molecule has 0 aliphatic rings. The summed E-state index contributed by atoms with van der Waals surface area (Å²) < 4.78 is 21.2. The van der Waals surface area contributed by atoms with Crippen molar-refractivity contribution in [2.75, 3.05) is 0 Å². The van der Waals surface area contributed by atoms with E-state index in [-0.39, 0.29) is 0 Å². The van der Waals surface area contributed by atoms with Crippen LogP contribution in [0.4, 0.5) is 0 Å². The fourth-order valence-corrected chi connectivity index (χ4v) is 0.227. The summed E-state index contributed by atoms with van der Waals surface area (Å²) in [5.41, 5.74) is 0. The third kappa shape index (κ3) is 5.10. The zero-order valence-corrected chi connectivity index (χ0v) is 4.76. The first-order valence-electron chi connectivity index (χ1n) is 1.80. The molecule has 4 heteroatoms. The molecule has 0 fully saturated rings. The van der Waals surface area contributed by atoms with Crippen LogP contribution in [0.3, 0.4) is 0 Å². The third-order valence-corrected chi connectivity index (χ3v) is 0.425. The third-order valence-electron chi connectivity index (χ3n) is 0.425. The largest absolute Gasteiger partial charge is 0.473 e. The molecule has 3 nitrogen and oxygen atoms in total. The second kappa shape index (κ2) is 6.10. The molecule has 0 unspecified atom stereocenters. The van der Waals surface area contributed by atoms with E-state index in [1.54, 1.807) is 12.5 Å². The van der Waals surface area contributed by atoms with Crippen LogP contribution in [0.5, 0.6) is 0 Å². The van der Waals surface area contributed by atoms with E-state index in [0.29, 0.717) is 0 Å². The summed E-state index contributed by atoms with van der Waals surface area (Å²) in [6.07, 6.45) is 3.25. The second-order valence-corrected chi connectivity index (χ2v) is 0.997. The standard InChI is InChI=1S/C4H4O.O2S/c1-2-4-5-3-1;1-3-2/h1-4H;. The van der Waals surface area contributed by atoms with Crippen LogP contribution >= 0.6 is 0 Å². The molecule has 0 bridgehead atoms. The van der Waals surface area contributed by atoms with E-state index < -0.39 is 11.6 Å². The fourth-order valence-electron chi connectivity index (χ4n) is 0.227. The van der Waals surface area contributed by atoms with E-state index in [1.807, 2.05) is 12.1 Å². The van der Waals surface area contributed by atoms with Crippen LogP contribution in [0.2, 0.25) is 0 Å². The lowest BCUT2D eigenvalue weighted by molar-refractivity contribution is 0.567. The molecule has 0 saturated carbocycles. The highest BCUT2D eigenvalue weighted by Crippen LogP contribution is 1.79. The minimum atomic E-state index is -0.750. The molecule has 0 atom stereocenters. The molecule has 1 rings (SSSR count). The maximum atomic E-state index is 8.29. The van der Waals surface area contributed by atoms with Gasteiger partial charge in [-0.25, -0.2) is 0 Å². The minimum absolute atomic E-state index is 0.750.